The Kier molecular flexibility index (Phi) is 5.45. The van der Waals surface area contributed by atoms with E-state index in [2.05, 4.69) is 4.99 Å². The monoisotopic (exact) mass is 367 g/mol. The SMILES string of the molecule is COc1ccc(C2=N/C(=C/c3ccc(OC(C)C)c(OC)c3)C(=O)O2)cc1. The molecule has 6 nitrogen and oxygen atoms in total. The predicted molar refractivity (Wildman–Crippen MR) is 102 cm³/mol. The number of carbonyl (C=O) groups excluding carboxylic acids is 1. The van der Waals surface area contributed by atoms with Crippen LogP contribution >= 0.6 is 0 Å². The van der Waals surface area contributed by atoms with Gasteiger partial charge in [0.1, 0.15) is 5.75 Å². The summed E-state index contributed by atoms with van der Waals surface area (Å²) in [5.41, 5.74) is 1.68. The first-order valence-electron chi connectivity index (χ1n) is 8.52. The number of ether oxygens (including phenoxy) is 4. The first kappa shape index (κ1) is 18.5. The molecule has 0 atom stereocenters. The number of methoxy groups -OCH3 is 2. The number of carbonyl (C=O) groups is 1. The van der Waals surface area contributed by atoms with Crippen LogP contribution in [0, 0.1) is 0 Å². The van der Waals surface area contributed by atoms with Gasteiger partial charge in [-0.2, -0.15) is 0 Å². The molecule has 3 rings (SSSR count). The summed E-state index contributed by atoms with van der Waals surface area (Å²) in [6.45, 7) is 3.89. The first-order valence-corrected chi connectivity index (χ1v) is 8.52. The van der Waals surface area contributed by atoms with Crippen LogP contribution in [0.3, 0.4) is 0 Å². The molecule has 1 aliphatic rings. The Morgan fingerprint density at radius 1 is 1.00 bits per heavy atom. The van der Waals surface area contributed by atoms with Crippen LogP contribution in [0.5, 0.6) is 17.2 Å². The van der Waals surface area contributed by atoms with E-state index in [0.717, 1.165) is 11.3 Å². The summed E-state index contributed by atoms with van der Waals surface area (Å²) < 4.78 is 21.5. The highest BCUT2D eigenvalue weighted by Gasteiger charge is 2.24. The molecule has 27 heavy (non-hydrogen) atoms. The Hall–Kier alpha value is -3.28. The van der Waals surface area contributed by atoms with E-state index >= 15 is 0 Å². The van der Waals surface area contributed by atoms with Gasteiger partial charge in [-0.3, -0.25) is 0 Å². The van der Waals surface area contributed by atoms with Crippen molar-refractivity contribution in [2.24, 2.45) is 4.99 Å². The zero-order chi connectivity index (χ0) is 19.4. The second-order valence-corrected chi connectivity index (χ2v) is 6.14. The highest BCUT2D eigenvalue weighted by Crippen LogP contribution is 2.30. The third kappa shape index (κ3) is 4.28. The maximum atomic E-state index is 12.2. The second-order valence-electron chi connectivity index (χ2n) is 6.14. The van der Waals surface area contributed by atoms with E-state index in [-0.39, 0.29) is 17.7 Å². The largest absolute Gasteiger partial charge is 0.497 e. The molecular formula is C21H21NO5. The van der Waals surface area contributed by atoms with Crippen molar-refractivity contribution in [2.75, 3.05) is 14.2 Å². The maximum absolute atomic E-state index is 12.2. The van der Waals surface area contributed by atoms with Gasteiger partial charge in [-0.25, -0.2) is 9.79 Å². The predicted octanol–water partition coefficient (Wildman–Crippen LogP) is 3.84. The fraction of sp³-hybridized carbons (Fsp3) is 0.238. The summed E-state index contributed by atoms with van der Waals surface area (Å²) in [4.78, 5) is 16.5. The van der Waals surface area contributed by atoms with E-state index in [1.54, 1.807) is 56.7 Å². The van der Waals surface area contributed by atoms with Crippen molar-refractivity contribution in [1.29, 1.82) is 0 Å². The third-order valence-electron chi connectivity index (χ3n) is 3.81. The minimum Gasteiger partial charge on any atom is -0.497 e. The Morgan fingerprint density at radius 2 is 1.74 bits per heavy atom. The quantitative estimate of drug-likeness (QED) is 0.573. The molecule has 140 valence electrons. The van der Waals surface area contributed by atoms with Crippen LogP contribution in [0.25, 0.3) is 6.08 Å². The van der Waals surface area contributed by atoms with Gasteiger partial charge in [0.15, 0.2) is 17.2 Å². The van der Waals surface area contributed by atoms with Gasteiger partial charge in [0.25, 0.3) is 0 Å². The molecule has 1 aliphatic heterocycles. The van der Waals surface area contributed by atoms with Crippen LogP contribution in [-0.4, -0.2) is 32.2 Å². The molecule has 0 saturated carbocycles. The maximum Gasteiger partial charge on any atom is 0.363 e. The Bertz CT molecular complexity index is 897. The summed E-state index contributed by atoms with van der Waals surface area (Å²) >= 11 is 0. The number of hydrogen-bond acceptors (Lipinski definition) is 6. The molecule has 0 radical (unpaired) electrons. The molecule has 2 aromatic rings. The zero-order valence-corrected chi connectivity index (χ0v) is 15.7. The van der Waals surface area contributed by atoms with Crippen LogP contribution < -0.4 is 14.2 Å². The smallest absolute Gasteiger partial charge is 0.363 e. The standard InChI is InChI=1S/C21H21NO5/c1-13(2)26-18-10-5-14(12-19(18)25-4)11-17-21(23)27-20(22-17)15-6-8-16(24-3)9-7-15/h5-13H,1-4H3/b17-11+. The number of benzene rings is 2. The van der Waals surface area contributed by atoms with E-state index in [1.807, 2.05) is 19.9 Å². The molecule has 1 heterocycles. The van der Waals surface area contributed by atoms with Crippen LogP contribution in [-0.2, 0) is 9.53 Å². The van der Waals surface area contributed by atoms with E-state index in [9.17, 15) is 4.79 Å². The van der Waals surface area contributed by atoms with Crippen molar-refractivity contribution in [3.63, 3.8) is 0 Å². The van der Waals surface area contributed by atoms with Crippen LogP contribution in [0.1, 0.15) is 25.0 Å². The molecular weight excluding hydrogens is 346 g/mol. The van der Waals surface area contributed by atoms with E-state index in [4.69, 9.17) is 18.9 Å². The molecule has 2 aromatic carbocycles. The molecule has 0 unspecified atom stereocenters. The number of aliphatic imine (C=N–C) groups is 1. The topological polar surface area (TPSA) is 66.3 Å². The Balaban J connectivity index is 1.87. The van der Waals surface area contributed by atoms with Crippen molar-refractivity contribution >= 4 is 17.9 Å². The lowest BCUT2D eigenvalue weighted by Crippen LogP contribution is -2.06. The average Bonchev–Trinajstić information content (AvgIpc) is 3.03. The normalized spacial score (nSPS) is 14.9. The number of hydrogen-bond donors (Lipinski definition) is 0. The van der Waals surface area contributed by atoms with E-state index in [0.29, 0.717) is 17.1 Å². The fourth-order valence-electron chi connectivity index (χ4n) is 2.55. The Morgan fingerprint density at radius 3 is 2.37 bits per heavy atom. The lowest BCUT2D eigenvalue weighted by molar-refractivity contribution is -0.129. The van der Waals surface area contributed by atoms with Gasteiger partial charge >= 0.3 is 5.97 Å². The van der Waals surface area contributed by atoms with Gasteiger partial charge in [0.2, 0.25) is 5.90 Å². The van der Waals surface area contributed by atoms with Gasteiger partial charge in [-0.05, 0) is 61.9 Å². The van der Waals surface area contributed by atoms with Crippen molar-refractivity contribution in [2.45, 2.75) is 20.0 Å². The number of rotatable bonds is 6. The molecule has 0 aliphatic carbocycles. The van der Waals surface area contributed by atoms with Gasteiger partial charge in [0, 0.05) is 5.56 Å². The highest BCUT2D eigenvalue weighted by molar-refractivity contribution is 6.12. The minimum absolute atomic E-state index is 0.0320. The molecule has 0 bridgehead atoms. The Labute approximate surface area is 158 Å². The molecule has 0 aromatic heterocycles. The molecule has 0 fully saturated rings. The third-order valence-corrected chi connectivity index (χ3v) is 3.81. The summed E-state index contributed by atoms with van der Waals surface area (Å²) in [5, 5.41) is 0. The van der Waals surface area contributed by atoms with Crippen LogP contribution in [0.2, 0.25) is 0 Å². The van der Waals surface area contributed by atoms with Gasteiger partial charge < -0.3 is 18.9 Å². The van der Waals surface area contributed by atoms with Crippen molar-refractivity contribution < 1.29 is 23.7 Å². The lowest BCUT2D eigenvalue weighted by Gasteiger charge is -2.13. The lowest BCUT2D eigenvalue weighted by atomic mass is 10.1. The first-order chi connectivity index (χ1) is 13.0. The fourth-order valence-corrected chi connectivity index (χ4v) is 2.55. The van der Waals surface area contributed by atoms with E-state index < -0.39 is 5.97 Å². The molecule has 0 spiro atoms. The summed E-state index contributed by atoms with van der Waals surface area (Å²) in [6, 6.07) is 12.6. The summed E-state index contributed by atoms with van der Waals surface area (Å²) in [6.07, 6.45) is 1.69. The zero-order valence-electron chi connectivity index (χ0n) is 15.7. The van der Waals surface area contributed by atoms with Gasteiger partial charge in [0.05, 0.1) is 20.3 Å². The van der Waals surface area contributed by atoms with E-state index in [1.165, 1.54) is 0 Å². The average molecular weight is 367 g/mol. The van der Waals surface area contributed by atoms with Crippen molar-refractivity contribution in [3.8, 4) is 17.2 Å². The number of esters is 1. The van der Waals surface area contributed by atoms with Gasteiger partial charge in [-0.15, -0.1) is 0 Å². The second kappa shape index (κ2) is 7.95. The highest BCUT2D eigenvalue weighted by atomic mass is 16.6. The molecule has 0 N–H and O–H groups in total. The van der Waals surface area contributed by atoms with Gasteiger partial charge in [-0.1, -0.05) is 6.07 Å². The van der Waals surface area contributed by atoms with Crippen molar-refractivity contribution in [3.05, 3.63) is 59.3 Å². The van der Waals surface area contributed by atoms with Crippen molar-refractivity contribution in [1.82, 2.24) is 0 Å². The number of nitrogens with zero attached hydrogens (tertiary/aromatic N) is 1. The minimum atomic E-state index is -0.498. The van der Waals surface area contributed by atoms with Crippen LogP contribution in [0.4, 0.5) is 0 Å². The molecule has 0 saturated heterocycles. The summed E-state index contributed by atoms with van der Waals surface area (Å²) in [5.74, 6) is 1.72. The molecule has 6 heteroatoms. The summed E-state index contributed by atoms with van der Waals surface area (Å²) in [7, 11) is 3.16. The number of cyclic esters (lactones) is 1. The van der Waals surface area contributed by atoms with Crippen LogP contribution in [0.15, 0.2) is 53.2 Å². The molecule has 0 amide bonds.